The second-order valence-corrected chi connectivity index (χ2v) is 9.43. The maximum atomic E-state index is 12.6. The molecule has 30 heavy (non-hydrogen) atoms. The van der Waals surface area contributed by atoms with E-state index in [-0.39, 0.29) is 29.0 Å². The molecule has 8 nitrogen and oxygen atoms in total. The zero-order valence-corrected chi connectivity index (χ0v) is 18.5. The Bertz CT molecular complexity index is 1120. The van der Waals surface area contributed by atoms with Gasteiger partial charge in [-0.3, -0.25) is 9.59 Å². The van der Waals surface area contributed by atoms with Gasteiger partial charge in [-0.05, 0) is 44.0 Å². The van der Waals surface area contributed by atoms with Gasteiger partial charge in [-0.25, -0.2) is 13.1 Å². The summed E-state index contributed by atoms with van der Waals surface area (Å²) in [6.45, 7) is 5.86. The third-order valence-electron chi connectivity index (χ3n) is 5.32. The largest absolute Gasteiger partial charge is 0.488 e. The number of aromatic nitrogens is 1. The highest BCUT2D eigenvalue weighted by Crippen LogP contribution is 2.19. The van der Waals surface area contributed by atoms with Crippen molar-refractivity contribution in [2.24, 2.45) is 7.05 Å². The maximum absolute atomic E-state index is 12.6. The SMILES string of the molecule is Cc1ccc(C)c(S(=O)(=O)NCC(=O)N2CCC(Oc3cc(C)n(C)c(=O)c3)C2)c1. The van der Waals surface area contributed by atoms with Gasteiger partial charge in [0, 0.05) is 31.8 Å². The van der Waals surface area contributed by atoms with Crippen molar-refractivity contribution in [3.8, 4) is 5.75 Å². The third-order valence-corrected chi connectivity index (χ3v) is 6.87. The lowest BCUT2D eigenvalue weighted by Gasteiger charge is -2.18. The zero-order chi connectivity index (χ0) is 22.1. The van der Waals surface area contributed by atoms with Crippen molar-refractivity contribution < 1.29 is 17.9 Å². The first-order valence-corrected chi connectivity index (χ1v) is 11.2. The van der Waals surface area contributed by atoms with E-state index in [1.54, 1.807) is 37.1 Å². The first kappa shape index (κ1) is 22.0. The molecule has 1 unspecified atom stereocenters. The molecule has 1 aliphatic heterocycles. The van der Waals surface area contributed by atoms with Gasteiger partial charge in [-0.1, -0.05) is 12.1 Å². The number of benzene rings is 1. The van der Waals surface area contributed by atoms with Crippen LogP contribution in [0.2, 0.25) is 0 Å². The predicted octanol–water partition coefficient (Wildman–Crippen LogP) is 1.27. The first-order chi connectivity index (χ1) is 14.1. The number of rotatable bonds is 6. The van der Waals surface area contributed by atoms with Gasteiger partial charge in [-0.15, -0.1) is 0 Å². The molecule has 1 aromatic heterocycles. The van der Waals surface area contributed by atoms with Crippen LogP contribution in [0.1, 0.15) is 23.2 Å². The first-order valence-electron chi connectivity index (χ1n) is 9.76. The predicted molar refractivity (Wildman–Crippen MR) is 113 cm³/mol. The number of carbonyl (C=O) groups is 1. The van der Waals surface area contributed by atoms with Crippen LogP contribution in [-0.2, 0) is 21.9 Å². The molecule has 0 bridgehead atoms. The van der Waals surface area contributed by atoms with Crippen LogP contribution in [0.25, 0.3) is 0 Å². The Kier molecular flexibility index (Phi) is 6.33. The van der Waals surface area contributed by atoms with Gasteiger partial charge in [0.25, 0.3) is 5.56 Å². The van der Waals surface area contributed by atoms with E-state index in [1.165, 1.54) is 10.6 Å². The minimum Gasteiger partial charge on any atom is -0.488 e. The number of pyridine rings is 1. The standard InChI is InChI=1S/C21H27N3O5S/c1-14-5-6-15(2)19(9-14)30(27,28)22-12-21(26)24-8-7-17(13-24)29-18-10-16(3)23(4)20(25)11-18/h5-6,9-11,17,22H,7-8,12-13H2,1-4H3. The number of hydrogen-bond acceptors (Lipinski definition) is 5. The van der Waals surface area contributed by atoms with Gasteiger partial charge in [0.1, 0.15) is 11.9 Å². The lowest BCUT2D eigenvalue weighted by molar-refractivity contribution is -0.129. The summed E-state index contributed by atoms with van der Waals surface area (Å²) in [5, 5.41) is 0. The van der Waals surface area contributed by atoms with Crippen molar-refractivity contribution in [2.75, 3.05) is 19.6 Å². The molecule has 0 radical (unpaired) electrons. The minimum absolute atomic E-state index is 0.156. The van der Waals surface area contributed by atoms with Crippen LogP contribution in [0.15, 0.2) is 40.0 Å². The molecule has 1 N–H and O–H groups in total. The summed E-state index contributed by atoms with van der Waals surface area (Å²) in [6, 6.07) is 8.38. The fourth-order valence-corrected chi connectivity index (χ4v) is 4.69. The Labute approximate surface area is 176 Å². The second-order valence-electron chi connectivity index (χ2n) is 7.69. The molecule has 1 aliphatic rings. The zero-order valence-electron chi connectivity index (χ0n) is 17.6. The molecule has 1 amide bonds. The molecular weight excluding hydrogens is 406 g/mol. The van der Waals surface area contributed by atoms with E-state index in [0.717, 1.165) is 11.3 Å². The van der Waals surface area contributed by atoms with Crippen molar-refractivity contribution in [3.05, 3.63) is 57.5 Å². The summed E-state index contributed by atoms with van der Waals surface area (Å²) < 4.78 is 35.0. The van der Waals surface area contributed by atoms with Gasteiger partial charge in [-0.2, -0.15) is 0 Å². The molecule has 9 heteroatoms. The Balaban J connectivity index is 1.58. The van der Waals surface area contributed by atoms with E-state index in [4.69, 9.17) is 4.74 Å². The monoisotopic (exact) mass is 433 g/mol. The summed E-state index contributed by atoms with van der Waals surface area (Å²) >= 11 is 0. The summed E-state index contributed by atoms with van der Waals surface area (Å²) in [5.74, 6) is 0.167. The van der Waals surface area contributed by atoms with Crippen molar-refractivity contribution in [1.82, 2.24) is 14.2 Å². The second kappa shape index (κ2) is 8.61. The Morgan fingerprint density at radius 1 is 1.20 bits per heavy atom. The highest BCUT2D eigenvalue weighted by atomic mass is 32.2. The summed E-state index contributed by atoms with van der Waals surface area (Å²) in [7, 11) is -2.09. The number of amides is 1. The number of hydrogen-bond donors (Lipinski definition) is 1. The number of ether oxygens (including phenoxy) is 1. The van der Waals surface area contributed by atoms with Crippen molar-refractivity contribution in [3.63, 3.8) is 0 Å². The van der Waals surface area contributed by atoms with Crippen LogP contribution in [0.4, 0.5) is 0 Å². The van der Waals surface area contributed by atoms with Crippen molar-refractivity contribution >= 4 is 15.9 Å². The summed E-state index contributed by atoms with van der Waals surface area (Å²) in [6.07, 6.45) is 0.375. The van der Waals surface area contributed by atoms with Crippen LogP contribution in [-0.4, -0.2) is 49.5 Å². The molecule has 0 spiro atoms. The molecule has 1 saturated heterocycles. The lowest BCUT2D eigenvalue weighted by atomic mass is 10.2. The molecular formula is C21H27N3O5S. The van der Waals surface area contributed by atoms with Crippen LogP contribution < -0.4 is 15.0 Å². The molecule has 0 aliphatic carbocycles. The summed E-state index contributed by atoms with van der Waals surface area (Å²) in [5.41, 5.74) is 2.08. The highest BCUT2D eigenvalue weighted by Gasteiger charge is 2.29. The molecule has 0 saturated carbocycles. The van der Waals surface area contributed by atoms with Gasteiger partial charge >= 0.3 is 0 Å². The third kappa shape index (κ3) is 4.91. The van der Waals surface area contributed by atoms with Gasteiger partial charge in [0.05, 0.1) is 18.0 Å². The molecule has 1 atom stereocenters. The van der Waals surface area contributed by atoms with Crippen LogP contribution in [0.5, 0.6) is 5.75 Å². The number of carbonyl (C=O) groups excluding carboxylic acids is 1. The average Bonchev–Trinajstić information content (AvgIpc) is 3.14. The lowest BCUT2D eigenvalue weighted by Crippen LogP contribution is -2.39. The topological polar surface area (TPSA) is 97.7 Å². The van der Waals surface area contributed by atoms with Crippen molar-refractivity contribution in [1.29, 1.82) is 0 Å². The fraction of sp³-hybridized carbons (Fsp3) is 0.429. The quantitative estimate of drug-likeness (QED) is 0.740. The fourth-order valence-electron chi connectivity index (χ4n) is 3.39. The number of aryl methyl sites for hydroxylation is 3. The van der Waals surface area contributed by atoms with Gasteiger partial charge in [0.15, 0.2) is 0 Å². The van der Waals surface area contributed by atoms with Gasteiger partial charge < -0.3 is 14.2 Å². The normalized spacial score (nSPS) is 16.7. The minimum atomic E-state index is -3.78. The van der Waals surface area contributed by atoms with E-state index in [9.17, 15) is 18.0 Å². The number of likely N-dealkylation sites (tertiary alicyclic amines) is 1. The molecule has 1 fully saturated rings. The van der Waals surface area contributed by atoms with E-state index < -0.39 is 10.0 Å². The molecule has 2 aromatic rings. The Hall–Kier alpha value is -2.65. The molecule has 1 aromatic carbocycles. The number of sulfonamides is 1. The van der Waals surface area contributed by atoms with E-state index in [2.05, 4.69) is 4.72 Å². The molecule has 162 valence electrons. The molecule has 3 rings (SSSR count). The smallest absolute Gasteiger partial charge is 0.254 e. The van der Waals surface area contributed by atoms with E-state index in [0.29, 0.717) is 30.8 Å². The van der Waals surface area contributed by atoms with Crippen LogP contribution in [0, 0.1) is 20.8 Å². The number of nitrogens with zero attached hydrogens (tertiary/aromatic N) is 2. The highest BCUT2D eigenvalue weighted by molar-refractivity contribution is 7.89. The molecule has 2 heterocycles. The van der Waals surface area contributed by atoms with Crippen LogP contribution in [0.3, 0.4) is 0 Å². The number of nitrogens with one attached hydrogen (secondary N) is 1. The van der Waals surface area contributed by atoms with E-state index in [1.807, 2.05) is 19.9 Å². The van der Waals surface area contributed by atoms with Crippen molar-refractivity contribution in [2.45, 2.75) is 38.2 Å². The average molecular weight is 434 g/mol. The maximum Gasteiger partial charge on any atom is 0.254 e. The Morgan fingerprint density at radius 3 is 2.63 bits per heavy atom. The van der Waals surface area contributed by atoms with E-state index >= 15 is 0 Å². The summed E-state index contributed by atoms with van der Waals surface area (Å²) in [4.78, 5) is 26.2. The van der Waals surface area contributed by atoms with Crippen LogP contribution >= 0.6 is 0 Å². The van der Waals surface area contributed by atoms with Gasteiger partial charge in [0.2, 0.25) is 15.9 Å². The Morgan fingerprint density at radius 2 is 1.93 bits per heavy atom.